The van der Waals surface area contributed by atoms with Gasteiger partial charge < -0.3 is 5.73 Å². The second-order valence-electron chi connectivity index (χ2n) is 5.06. The zero-order valence-electron chi connectivity index (χ0n) is 10.8. The molecule has 17 heavy (non-hydrogen) atoms. The molecule has 1 aliphatic rings. The number of thioether (sulfide) groups is 1. The van der Waals surface area contributed by atoms with Crippen LogP contribution in [-0.4, -0.2) is 10.2 Å². The van der Waals surface area contributed by atoms with E-state index in [9.17, 15) is 0 Å². The largest absolute Gasteiger partial charge is 0.324 e. The van der Waals surface area contributed by atoms with Crippen LogP contribution >= 0.6 is 11.8 Å². The monoisotopic (exact) mass is 250 g/mol. The van der Waals surface area contributed by atoms with Crippen LogP contribution < -0.4 is 5.73 Å². The zero-order valence-corrected chi connectivity index (χ0v) is 11.6. The van der Waals surface area contributed by atoms with Crippen molar-refractivity contribution in [3.8, 4) is 0 Å². The average Bonchev–Trinajstić information content (AvgIpc) is 2.33. The molecule has 0 bridgehead atoms. The van der Waals surface area contributed by atoms with E-state index < -0.39 is 0 Å². The van der Waals surface area contributed by atoms with E-state index >= 15 is 0 Å². The normalized spacial score (nSPS) is 19.2. The fourth-order valence-corrected chi connectivity index (χ4v) is 3.54. The summed E-state index contributed by atoms with van der Waals surface area (Å²) in [6.45, 7) is 4.15. The van der Waals surface area contributed by atoms with Crippen LogP contribution in [0.2, 0.25) is 0 Å². The molecule has 1 aromatic heterocycles. The molecule has 1 aromatic rings. The third-order valence-corrected chi connectivity index (χ3v) is 4.86. The van der Waals surface area contributed by atoms with Gasteiger partial charge in [0, 0.05) is 17.5 Å². The summed E-state index contributed by atoms with van der Waals surface area (Å²) < 4.78 is 0. The van der Waals surface area contributed by atoms with Crippen molar-refractivity contribution >= 4 is 11.8 Å². The highest BCUT2D eigenvalue weighted by molar-refractivity contribution is 7.99. The van der Waals surface area contributed by atoms with Crippen LogP contribution in [0.1, 0.15) is 56.2 Å². The van der Waals surface area contributed by atoms with Gasteiger partial charge in [0.25, 0.3) is 0 Å². The molecule has 1 fully saturated rings. The number of aromatic nitrogens is 1. The molecule has 0 amide bonds. The van der Waals surface area contributed by atoms with Crippen molar-refractivity contribution in [1.29, 1.82) is 0 Å². The Morgan fingerprint density at radius 2 is 2.06 bits per heavy atom. The van der Waals surface area contributed by atoms with E-state index in [-0.39, 0.29) is 6.04 Å². The lowest BCUT2D eigenvalue weighted by Crippen LogP contribution is -2.09. The second kappa shape index (κ2) is 5.87. The van der Waals surface area contributed by atoms with E-state index in [0.717, 1.165) is 10.8 Å². The quantitative estimate of drug-likeness (QED) is 0.886. The topological polar surface area (TPSA) is 38.9 Å². The van der Waals surface area contributed by atoms with Crippen LogP contribution in [0.5, 0.6) is 0 Å². The zero-order chi connectivity index (χ0) is 12.3. The second-order valence-corrected chi connectivity index (χ2v) is 6.35. The molecule has 0 aliphatic heterocycles. The van der Waals surface area contributed by atoms with Gasteiger partial charge >= 0.3 is 0 Å². The van der Waals surface area contributed by atoms with Gasteiger partial charge in [-0.3, -0.25) is 0 Å². The predicted octanol–water partition coefficient (Wildman–Crippen LogP) is 3.83. The summed E-state index contributed by atoms with van der Waals surface area (Å²) in [7, 11) is 0. The van der Waals surface area contributed by atoms with Crippen LogP contribution in [0.3, 0.4) is 0 Å². The lowest BCUT2D eigenvalue weighted by atomic mass is 10.0. The average molecular weight is 250 g/mol. The Morgan fingerprint density at radius 1 is 1.35 bits per heavy atom. The predicted molar refractivity (Wildman–Crippen MR) is 74.3 cm³/mol. The molecule has 1 atom stereocenters. The molecule has 2 nitrogen and oxygen atoms in total. The minimum absolute atomic E-state index is 0.0786. The minimum atomic E-state index is 0.0786. The summed E-state index contributed by atoms with van der Waals surface area (Å²) in [6.07, 6.45) is 8.81. The Morgan fingerprint density at radius 3 is 2.65 bits per heavy atom. The first kappa shape index (κ1) is 12.9. The summed E-state index contributed by atoms with van der Waals surface area (Å²) in [6, 6.07) is 2.26. The lowest BCUT2D eigenvalue weighted by Gasteiger charge is -2.21. The van der Waals surface area contributed by atoms with Gasteiger partial charge in [0.15, 0.2) is 0 Å². The molecule has 1 aliphatic carbocycles. The number of aryl methyl sites for hydroxylation is 1. The molecular weight excluding hydrogens is 228 g/mol. The van der Waals surface area contributed by atoms with Gasteiger partial charge in [0.05, 0.1) is 5.03 Å². The molecule has 2 N–H and O–H groups in total. The van der Waals surface area contributed by atoms with E-state index in [1.54, 1.807) is 0 Å². The number of nitrogens with two attached hydrogens (primary N) is 1. The maximum absolute atomic E-state index is 5.87. The van der Waals surface area contributed by atoms with E-state index in [4.69, 9.17) is 5.73 Å². The Labute approximate surface area is 108 Å². The summed E-state index contributed by atoms with van der Waals surface area (Å²) >= 11 is 1.96. The Kier molecular flexibility index (Phi) is 4.46. The molecule has 0 radical (unpaired) electrons. The van der Waals surface area contributed by atoms with Gasteiger partial charge in [-0.2, -0.15) is 0 Å². The molecule has 0 unspecified atom stereocenters. The van der Waals surface area contributed by atoms with E-state index in [0.29, 0.717) is 0 Å². The molecule has 94 valence electrons. The summed E-state index contributed by atoms with van der Waals surface area (Å²) in [4.78, 5) is 4.58. The fourth-order valence-electron chi connectivity index (χ4n) is 2.30. The highest BCUT2D eigenvalue weighted by Gasteiger charge is 2.16. The van der Waals surface area contributed by atoms with E-state index in [2.05, 4.69) is 18.0 Å². The standard InChI is InChI=1S/C14H22N2S/c1-10-8-12(11(2)15)9-16-14(10)17-13-6-4-3-5-7-13/h8-9,11,13H,3-7,15H2,1-2H3/t11-/m0/s1. The van der Waals surface area contributed by atoms with Crippen LogP contribution in [0.25, 0.3) is 0 Å². The van der Waals surface area contributed by atoms with Gasteiger partial charge in [-0.1, -0.05) is 25.3 Å². The van der Waals surface area contributed by atoms with Crippen molar-refractivity contribution in [2.45, 2.75) is 62.3 Å². The molecular formula is C14H22N2S. The Hall–Kier alpha value is -0.540. The summed E-state index contributed by atoms with van der Waals surface area (Å²) in [5.74, 6) is 0. The number of nitrogens with zero attached hydrogens (tertiary/aromatic N) is 1. The molecule has 0 aromatic carbocycles. The van der Waals surface area contributed by atoms with Crippen LogP contribution in [0.4, 0.5) is 0 Å². The molecule has 1 saturated carbocycles. The number of hydrogen-bond donors (Lipinski definition) is 1. The highest BCUT2D eigenvalue weighted by atomic mass is 32.2. The number of rotatable bonds is 3. The Bertz CT molecular complexity index is 370. The van der Waals surface area contributed by atoms with E-state index in [1.807, 2.05) is 24.9 Å². The van der Waals surface area contributed by atoms with E-state index in [1.165, 1.54) is 42.7 Å². The molecule has 0 spiro atoms. The van der Waals surface area contributed by atoms with Gasteiger partial charge in [-0.25, -0.2) is 4.98 Å². The molecule has 1 heterocycles. The van der Waals surface area contributed by atoms with Gasteiger partial charge in [0.1, 0.15) is 0 Å². The van der Waals surface area contributed by atoms with Crippen molar-refractivity contribution in [2.75, 3.05) is 0 Å². The molecule has 2 rings (SSSR count). The summed E-state index contributed by atoms with van der Waals surface area (Å²) in [5.41, 5.74) is 8.28. The first-order chi connectivity index (χ1) is 8.16. The number of pyridine rings is 1. The molecule has 3 heteroatoms. The minimum Gasteiger partial charge on any atom is -0.324 e. The lowest BCUT2D eigenvalue weighted by molar-refractivity contribution is 0.515. The van der Waals surface area contributed by atoms with Gasteiger partial charge in [-0.05, 0) is 37.8 Å². The third-order valence-electron chi connectivity index (χ3n) is 3.41. The highest BCUT2D eigenvalue weighted by Crippen LogP contribution is 2.34. The Balaban J connectivity index is 2.05. The van der Waals surface area contributed by atoms with Crippen molar-refractivity contribution in [3.63, 3.8) is 0 Å². The van der Waals surface area contributed by atoms with Gasteiger partial charge in [0.2, 0.25) is 0 Å². The van der Waals surface area contributed by atoms with Crippen molar-refractivity contribution < 1.29 is 0 Å². The van der Waals surface area contributed by atoms with Crippen molar-refractivity contribution in [1.82, 2.24) is 4.98 Å². The smallest absolute Gasteiger partial charge is 0.0991 e. The summed E-state index contributed by atoms with van der Waals surface area (Å²) in [5, 5.41) is 1.97. The number of hydrogen-bond acceptors (Lipinski definition) is 3. The maximum atomic E-state index is 5.87. The first-order valence-electron chi connectivity index (χ1n) is 6.55. The first-order valence-corrected chi connectivity index (χ1v) is 7.43. The van der Waals surface area contributed by atoms with Crippen LogP contribution in [-0.2, 0) is 0 Å². The SMILES string of the molecule is Cc1cc([C@H](C)N)cnc1SC1CCCCC1. The van der Waals surface area contributed by atoms with Crippen LogP contribution in [0, 0.1) is 6.92 Å². The van der Waals surface area contributed by atoms with Gasteiger partial charge in [-0.15, -0.1) is 11.8 Å². The molecule has 0 saturated heterocycles. The maximum Gasteiger partial charge on any atom is 0.0991 e. The third kappa shape index (κ3) is 3.46. The van der Waals surface area contributed by atoms with Crippen LogP contribution in [0.15, 0.2) is 17.3 Å². The fraction of sp³-hybridized carbons (Fsp3) is 0.643. The van der Waals surface area contributed by atoms with Crippen molar-refractivity contribution in [3.05, 3.63) is 23.4 Å². The van der Waals surface area contributed by atoms with Crippen molar-refractivity contribution in [2.24, 2.45) is 5.73 Å².